The highest BCUT2D eigenvalue weighted by Gasteiger charge is 2.34. The monoisotopic (exact) mass is 445 g/mol. The topological polar surface area (TPSA) is 105 Å². The summed E-state index contributed by atoms with van der Waals surface area (Å²) >= 11 is 0. The summed E-state index contributed by atoms with van der Waals surface area (Å²) in [5, 5.41) is 0. The molecular formula is C21H23N3O6S. The number of fused-ring (bicyclic) bond motifs is 2. The van der Waals surface area contributed by atoms with Gasteiger partial charge >= 0.3 is 0 Å². The first-order valence-corrected chi connectivity index (χ1v) is 11.1. The van der Waals surface area contributed by atoms with Crippen molar-refractivity contribution in [3.8, 4) is 11.5 Å². The van der Waals surface area contributed by atoms with Crippen molar-refractivity contribution in [1.82, 2.24) is 0 Å². The molecule has 0 unspecified atom stereocenters. The Morgan fingerprint density at radius 3 is 2.52 bits per heavy atom. The molecule has 0 saturated carbocycles. The van der Waals surface area contributed by atoms with Gasteiger partial charge in [-0.15, -0.1) is 0 Å². The molecule has 1 N–H and O–H groups in total. The van der Waals surface area contributed by atoms with E-state index in [1.165, 1.54) is 34.9 Å². The number of amides is 2. The molecule has 0 saturated heterocycles. The zero-order chi connectivity index (χ0) is 22.6. The first-order valence-electron chi connectivity index (χ1n) is 9.64. The van der Waals surface area contributed by atoms with Crippen LogP contribution in [-0.4, -0.2) is 46.0 Å². The first kappa shape index (κ1) is 21.0. The zero-order valence-corrected chi connectivity index (χ0v) is 18.4. The highest BCUT2D eigenvalue weighted by Crippen LogP contribution is 2.39. The van der Waals surface area contributed by atoms with Crippen molar-refractivity contribution in [3.05, 3.63) is 36.4 Å². The number of hydrogen-bond acceptors (Lipinski definition) is 6. The van der Waals surface area contributed by atoms with Gasteiger partial charge < -0.3 is 19.3 Å². The van der Waals surface area contributed by atoms with Gasteiger partial charge in [0.15, 0.2) is 6.61 Å². The van der Waals surface area contributed by atoms with Crippen LogP contribution in [0.4, 0.5) is 17.1 Å². The van der Waals surface area contributed by atoms with Gasteiger partial charge in [-0.3, -0.25) is 14.3 Å². The van der Waals surface area contributed by atoms with E-state index in [2.05, 4.69) is 4.72 Å². The van der Waals surface area contributed by atoms with Crippen molar-refractivity contribution in [1.29, 1.82) is 0 Å². The minimum absolute atomic E-state index is 0.0146. The maximum absolute atomic E-state index is 13.0. The van der Waals surface area contributed by atoms with Gasteiger partial charge in [-0.1, -0.05) is 0 Å². The molecule has 2 heterocycles. The van der Waals surface area contributed by atoms with E-state index in [0.29, 0.717) is 29.4 Å². The quantitative estimate of drug-likeness (QED) is 0.778. The molecule has 31 heavy (non-hydrogen) atoms. The Labute approximate surface area is 180 Å². The van der Waals surface area contributed by atoms with Gasteiger partial charge in [-0.05, 0) is 50.2 Å². The highest BCUT2D eigenvalue weighted by molar-refractivity contribution is 7.92. The Morgan fingerprint density at radius 1 is 1.10 bits per heavy atom. The Morgan fingerprint density at radius 2 is 1.81 bits per heavy atom. The molecule has 0 radical (unpaired) electrons. The molecule has 2 aromatic carbocycles. The lowest BCUT2D eigenvalue weighted by Crippen LogP contribution is -2.48. The fraction of sp³-hybridized carbons (Fsp3) is 0.333. The van der Waals surface area contributed by atoms with Gasteiger partial charge in [0.1, 0.15) is 17.1 Å². The molecule has 0 aliphatic carbocycles. The van der Waals surface area contributed by atoms with Crippen molar-refractivity contribution in [3.63, 3.8) is 0 Å². The van der Waals surface area contributed by atoms with Gasteiger partial charge in [0.05, 0.1) is 28.5 Å². The number of anilines is 3. The fourth-order valence-electron chi connectivity index (χ4n) is 3.59. The van der Waals surface area contributed by atoms with Crippen LogP contribution in [0.1, 0.15) is 20.8 Å². The molecule has 2 aromatic rings. The smallest absolute Gasteiger partial charge is 0.264 e. The molecule has 2 aliphatic rings. The van der Waals surface area contributed by atoms with E-state index in [0.717, 1.165) is 0 Å². The summed E-state index contributed by atoms with van der Waals surface area (Å²) in [4.78, 5) is 26.9. The summed E-state index contributed by atoms with van der Waals surface area (Å²) in [5.41, 5.74) is 0.563. The lowest BCUT2D eigenvalue weighted by atomic mass is 10.1. The molecule has 0 aromatic heterocycles. The van der Waals surface area contributed by atoms with Crippen molar-refractivity contribution in [2.24, 2.45) is 0 Å². The standard InChI is InChI=1S/C21H23N3O6S/c1-13(25)24-12-21(2,3)30-19-8-6-15(10-17(19)24)31(27,28)22-14-5-7-18-16(9-14)23(4)20(26)11-29-18/h5-10,22H,11-12H2,1-4H3. The minimum Gasteiger partial charge on any atom is -0.484 e. The SMILES string of the molecule is CC(=O)N1CC(C)(C)Oc2ccc(S(=O)(=O)Nc3ccc4c(c3)N(C)C(=O)CO4)cc21. The molecule has 10 heteroatoms. The van der Waals surface area contributed by atoms with Gasteiger partial charge in [0.2, 0.25) is 5.91 Å². The summed E-state index contributed by atoms with van der Waals surface area (Å²) in [7, 11) is -2.37. The number of benzene rings is 2. The van der Waals surface area contributed by atoms with E-state index in [-0.39, 0.29) is 29.0 Å². The van der Waals surface area contributed by atoms with E-state index in [4.69, 9.17) is 9.47 Å². The number of ether oxygens (including phenoxy) is 2. The normalized spacial score (nSPS) is 17.2. The van der Waals surface area contributed by atoms with Crippen LogP contribution in [0, 0.1) is 0 Å². The Kier molecular flexibility index (Phi) is 4.84. The van der Waals surface area contributed by atoms with Crippen molar-refractivity contribution >= 4 is 38.9 Å². The number of likely N-dealkylation sites (N-methyl/N-ethyl adjacent to an activating group) is 1. The van der Waals surface area contributed by atoms with Gasteiger partial charge in [-0.2, -0.15) is 0 Å². The van der Waals surface area contributed by atoms with E-state index in [1.54, 1.807) is 25.2 Å². The maximum Gasteiger partial charge on any atom is 0.264 e. The molecule has 0 atom stereocenters. The van der Waals surface area contributed by atoms with Crippen molar-refractivity contribution in [2.45, 2.75) is 31.3 Å². The van der Waals surface area contributed by atoms with Gasteiger partial charge in [-0.25, -0.2) is 8.42 Å². The zero-order valence-electron chi connectivity index (χ0n) is 17.6. The summed E-state index contributed by atoms with van der Waals surface area (Å²) in [6, 6.07) is 9.11. The summed E-state index contributed by atoms with van der Waals surface area (Å²) in [6.45, 7) is 5.39. The number of carbonyl (C=O) groups is 2. The Bertz CT molecular complexity index is 1190. The van der Waals surface area contributed by atoms with Crippen LogP contribution in [0.15, 0.2) is 41.3 Å². The average Bonchev–Trinajstić information content (AvgIpc) is 2.69. The number of nitrogens with one attached hydrogen (secondary N) is 1. The second-order valence-electron chi connectivity index (χ2n) is 8.13. The predicted octanol–water partition coefficient (Wildman–Crippen LogP) is 2.37. The van der Waals surface area contributed by atoms with Crippen LogP contribution >= 0.6 is 0 Å². The molecular weight excluding hydrogens is 422 g/mol. The number of hydrogen-bond donors (Lipinski definition) is 1. The number of rotatable bonds is 3. The molecule has 4 rings (SSSR count). The summed E-state index contributed by atoms with van der Waals surface area (Å²) < 4.78 is 39.9. The molecule has 2 amide bonds. The molecule has 2 aliphatic heterocycles. The average molecular weight is 445 g/mol. The van der Waals surface area contributed by atoms with Crippen LogP contribution in [0.5, 0.6) is 11.5 Å². The summed E-state index contributed by atoms with van der Waals surface area (Å²) in [5.74, 6) is 0.504. The van der Waals surface area contributed by atoms with E-state index >= 15 is 0 Å². The van der Waals surface area contributed by atoms with Crippen LogP contribution in [-0.2, 0) is 19.6 Å². The molecule has 0 bridgehead atoms. The number of sulfonamides is 1. The first-order chi connectivity index (χ1) is 14.5. The molecule has 9 nitrogen and oxygen atoms in total. The van der Waals surface area contributed by atoms with Gasteiger partial charge in [0, 0.05) is 14.0 Å². The third kappa shape index (κ3) is 3.90. The van der Waals surface area contributed by atoms with Crippen molar-refractivity contribution < 1.29 is 27.5 Å². The Balaban J connectivity index is 1.67. The predicted molar refractivity (Wildman–Crippen MR) is 115 cm³/mol. The maximum atomic E-state index is 13.0. The van der Waals surface area contributed by atoms with Gasteiger partial charge in [0.25, 0.3) is 15.9 Å². The summed E-state index contributed by atoms with van der Waals surface area (Å²) in [6.07, 6.45) is 0. The highest BCUT2D eigenvalue weighted by atomic mass is 32.2. The molecule has 0 spiro atoms. The third-order valence-electron chi connectivity index (χ3n) is 5.13. The second-order valence-corrected chi connectivity index (χ2v) is 9.81. The lowest BCUT2D eigenvalue weighted by Gasteiger charge is -2.39. The Hall–Kier alpha value is -3.27. The van der Waals surface area contributed by atoms with Crippen LogP contribution in [0.3, 0.4) is 0 Å². The lowest BCUT2D eigenvalue weighted by molar-refractivity contribution is -0.121. The number of nitrogens with zero attached hydrogens (tertiary/aromatic N) is 2. The molecule has 164 valence electrons. The largest absolute Gasteiger partial charge is 0.484 e. The van der Waals surface area contributed by atoms with Crippen molar-refractivity contribution in [2.75, 3.05) is 34.7 Å². The van der Waals surface area contributed by atoms with E-state index in [1.807, 2.05) is 13.8 Å². The third-order valence-corrected chi connectivity index (χ3v) is 6.51. The van der Waals surface area contributed by atoms with E-state index < -0.39 is 15.6 Å². The van der Waals surface area contributed by atoms with Crippen LogP contribution in [0.2, 0.25) is 0 Å². The minimum atomic E-state index is -3.97. The second kappa shape index (κ2) is 7.16. The fourth-order valence-corrected chi connectivity index (χ4v) is 4.66. The molecule has 0 fully saturated rings. The van der Waals surface area contributed by atoms with Crippen LogP contribution < -0.4 is 24.0 Å². The van der Waals surface area contributed by atoms with Crippen LogP contribution in [0.25, 0.3) is 0 Å². The number of carbonyl (C=O) groups excluding carboxylic acids is 2. The van der Waals surface area contributed by atoms with E-state index in [9.17, 15) is 18.0 Å².